The van der Waals surface area contributed by atoms with E-state index < -0.39 is 0 Å². The predicted molar refractivity (Wildman–Crippen MR) is 108 cm³/mol. The van der Waals surface area contributed by atoms with Crippen LogP contribution in [0, 0.1) is 0 Å². The number of rotatable bonds is 6. The van der Waals surface area contributed by atoms with Gasteiger partial charge in [-0.2, -0.15) is 0 Å². The zero-order valence-electron chi connectivity index (χ0n) is 16.2. The largest absolute Gasteiger partial charge is 0.375 e. The Kier molecular flexibility index (Phi) is 5.95. The smallest absolute Gasteiger partial charge is 0.242 e. The van der Waals surface area contributed by atoms with Crippen LogP contribution < -0.4 is 4.90 Å². The van der Waals surface area contributed by atoms with Crippen LogP contribution in [0.3, 0.4) is 0 Å². The number of carbonyl (C=O) groups excluding carboxylic acids is 1. The van der Waals surface area contributed by atoms with E-state index in [0.717, 1.165) is 41.3 Å². The number of para-hydroxylation sites is 1. The highest BCUT2D eigenvalue weighted by Gasteiger charge is 2.33. The molecule has 0 aliphatic carbocycles. The maximum absolute atomic E-state index is 13.0. The number of ether oxygens (including phenoxy) is 1. The van der Waals surface area contributed by atoms with Crippen LogP contribution >= 0.6 is 11.3 Å². The Hall–Kier alpha value is -1.50. The summed E-state index contributed by atoms with van der Waals surface area (Å²) in [5.74, 6) is 0.123. The number of aromatic nitrogens is 1. The predicted octanol–water partition coefficient (Wildman–Crippen LogP) is 3.93. The number of hydrogen-bond donors (Lipinski definition) is 0. The van der Waals surface area contributed by atoms with Gasteiger partial charge in [0, 0.05) is 19.2 Å². The number of amides is 1. The summed E-state index contributed by atoms with van der Waals surface area (Å²) in [6.07, 6.45) is 1.94. The highest BCUT2D eigenvalue weighted by atomic mass is 32.1. The van der Waals surface area contributed by atoms with E-state index in [0.29, 0.717) is 19.1 Å². The molecule has 1 aliphatic rings. The molecule has 5 nitrogen and oxygen atoms in total. The normalized spacial score (nSPS) is 19.8. The molecule has 1 unspecified atom stereocenters. The van der Waals surface area contributed by atoms with Crippen molar-refractivity contribution in [2.45, 2.75) is 52.2 Å². The molecule has 1 atom stereocenters. The molecule has 0 bridgehead atoms. The van der Waals surface area contributed by atoms with E-state index in [1.165, 1.54) is 0 Å². The van der Waals surface area contributed by atoms with Gasteiger partial charge in [-0.1, -0.05) is 30.4 Å². The van der Waals surface area contributed by atoms with Gasteiger partial charge in [0.25, 0.3) is 0 Å². The van der Waals surface area contributed by atoms with Crippen molar-refractivity contribution in [1.82, 2.24) is 9.88 Å². The average Bonchev–Trinajstić information content (AvgIpc) is 3.03. The Morgan fingerprint density at radius 1 is 1.31 bits per heavy atom. The van der Waals surface area contributed by atoms with Crippen molar-refractivity contribution in [3.63, 3.8) is 0 Å². The first kappa shape index (κ1) is 19.3. The molecular weight excluding hydrogens is 346 g/mol. The molecule has 0 saturated carbocycles. The number of thiazole rings is 1. The number of likely N-dealkylation sites (N-methyl/N-ethyl adjacent to an activating group) is 2. The number of anilines is 1. The van der Waals surface area contributed by atoms with Crippen molar-refractivity contribution in [3.05, 3.63) is 24.3 Å². The monoisotopic (exact) mass is 375 g/mol. The van der Waals surface area contributed by atoms with Gasteiger partial charge < -0.3 is 4.74 Å². The Morgan fingerprint density at radius 2 is 2.08 bits per heavy atom. The van der Waals surface area contributed by atoms with Crippen molar-refractivity contribution in [2.75, 3.05) is 31.1 Å². The van der Waals surface area contributed by atoms with Crippen molar-refractivity contribution in [3.8, 4) is 0 Å². The van der Waals surface area contributed by atoms with E-state index in [-0.39, 0.29) is 11.5 Å². The molecular formula is C20H29N3O2S. The number of nitrogens with zero attached hydrogens (tertiary/aromatic N) is 3. The van der Waals surface area contributed by atoms with Crippen molar-refractivity contribution in [1.29, 1.82) is 0 Å². The van der Waals surface area contributed by atoms with Gasteiger partial charge in [0.05, 0.1) is 22.4 Å². The molecule has 6 heteroatoms. The SMILES string of the molecule is CCN(C(=O)CN(CC)C1CCOC(C)(C)C1)c1nc2ccccc2s1. The Labute approximate surface area is 160 Å². The van der Waals surface area contributed by atoms with Crippen LogP contribution in [0.5, 0.6) is 0 Å². The fourth-order valence-corrected chi connectivity index (χ4v) is 4.71. The summed E-state index contributed by atoms with van der Waals surface area (Å²) < 4.78 is 6.95. The number of fused-ring (bicyclic) bond motifs is 1. The summed E-state index contributed by atoms with van der Waals surface area (Å²) in [7, 11) is 0. The molecule has 3 rings (SSSR count). The lowest BCUT2D eigenvalue weighted by Gasteiger charge is -2.41. The van der Waals surface area contributed by atoms with E-state index in [2.05, 4.69) is 36.7 Å². The molecule has 2 heterocycles. The van der Waals surface area contributed by atoms with Gasteiger partial charge in [0.15, 0.2) is 5.13 Å². The van der Waals surface area contributed by atoms with Crippen LogP contribution in [-0.2, 0) is 9.53 Å². The lowest BCUT2D eigenvalue weighted by molar-refractivity contribution is -0.123. The molecule has 0 N–H and O–H groups in total. The third-order valence-corrected chi connectivity index (χ3v) is 6.12. The van der Waals surface area contributed by atoms with Gasteiger partial charge in [0.2, 0.25) is 5.91 Å². The van der Waals surface area contributed by atoms with Gasteiger partial charge in [0.1, 0.15) is 0 Å². The summed E-state index contributed by atoms with van der Waals surface area (Å²) in [5.41, 5.74) is 0.842. The molecule has 1 saturated heterocycles. The van der Waals surface area contributed by atoms with Crippen molar-refractivity contribution in [2.24, 2.45) is 0 Å². The van der Waals surface area contributed by atoms with Gasteiger partial charge in [-0.05, 0) is 52.3 Å². The van der Waals surface area contributed by atoms with E-state index in [4.69, 9.17) is 4.74 Å². The Morgan fingerprint density at radius 3 is 2.73 bits per heavy atom. The van der Waals surface area contributed by atoms with Gasteiger partial charge >= 0.3 is 0 Å². The second-order valence-corrected chi connectivity index (χ2v) is 8.43. The summed E-state index contributed by atoms with van der Waals surface area (Å²) in [6, 6.07) is 8.43. The van der Waals surface area contributed by atoms with Crippen LogP contribution in [0.15, 0.2) is 24.3 Å². The second kappa shape index (κ2) is 8.03. The molecule has 0 radical (unpaired) electrons. The maximum Gasteiger partial charge on any atom is 0.242 e. The molecule has 142 valence electrons. The Balaban J connectivity index is 1.73. The first-order chi connectivity index (χ1) is 12.4. The summed E-state index contributed by atoms with van der Waals surface area (Å²) in [4.78, 5) is 21.8. The molecule has 26 heavy (non-hydrogen) atoms. The van der Waals surface area contributed by atoms with Crippen LogP contribution in [0.4, 0.5) is 5.13 Å². The van der Waals surface area contributed by atoms with E-state index in [1.807, 2.05) is 30.0 Å². The molecule has 1 aromatic heterocycles. The van der Waals surface area contributed by atoms with Gasteiger partial charge in [-0.25, -0.2) is 4.98 Å². The first-order valence-corrected chi connectivity index (χ1v) is 10.3. The maximum atomic E-state index is 13.0. The van der Waals surface area contributed by atoms with Crippen LogP contribution in [0.1, 0.15) is 40.5 Å². The van der Waals surface area contributed by atoms with E-state index in [1.54, 1.807) is 11.3 Å². The van der Waals surface area contributed by atoms with Gasteiger partial charge in [-0.15, -0.1) is 0 Å². The summed E-state index contributed by atoms with van der Waals surface area (Å²) >= 11 is 1.58. The minimum atomic E-state index is -0.114. The first-order valence-electron chi connectivity index (χ1n) is 9.47. The third kappa shape index (κ3) is 4.24. The highest BCUT2D eigenvalue weighted by molar-refractivity contribution is 7.22. The minimum absolute atomic E-state index is 0.114. The number of hydrogen-bond acceptors (Lipinski definition) is 5. The molecule has 2 aromatic rings. The zero-order chi connectivity index (χ0) is 18.7. The lowest BCUT2D eigenvalue weighted by Crippen LogP contribution is -2.50. The summed E-state index contributed by atoms with van der Waals surface area (Å²) in [5, 5.41) is 0.794. The fraction of sp³-hybridized carbons (Fsp3) is 0.600. The highest BCUT2D eigenvalue weighted by Crippen LogP contribution is 2.30. The molecule has 1 aromatic carbocycles. The van der Waals surface area contributed by atoms with Crippen LogP contribution in [0.2, 0.25) is 0 Å². The summed E-state index contributed by atoms with van der Waals surface area (Å²) in [6.45, 7) is 11.1. The number of carbonyl (C=O) groups is 1. The third-order valence-electron chi connectivity index (χ3n) is 5.06. The zero-order valence-corrected chi connectivity index (χ0v) is 17.0. The average molecular weight is 376 g/mol. The fourth-order valence-electron chi connectivity index (χ4n) is 3.66. The van der Waals surface area contributed by atoms with Crippen LogP contribution in [-0.4, -0.2) is 53.7 Å². The molecule has 1 fully saturated rings. The van der Waals surface area contributed by atoms with Crippen molar-refractivity contribution >= 4 is 32.6 Å². The van der Waals surface area contributed by atoms with Crippen LogP contribution in [0.25, 0.3) is 10.2 Å². The van der Waals surface area contributed by atoms with E-state index >= 15 is 0 Å². The quantitative estimate of drug-likeness (QED) is 0.767. The van der Waals surface area contributed by atoms with Crippen molar-refractivity contribution < 1.29 is 9.53 Å². The molecule has 0 spiro atoms. The Bertz CT molecular complexity index is 725. The lowest BCUT2D eigenvalue weighted by atomic mass is 9.93. The second-order valence-electron chi connectivity index (χ2n) is 7.42. The standard InChI is InChI=1S/C20H29N3O2S/c1-5-22(15-11-12-25-20(3,4)13-15)14-18(24)23(6-2)19-21-16-9-7-8-10-17(16)26-19/h7-10,15H,5-6,11-14H2,1-4H3. The minimum Gasteiger partial charge on any atom is -0.375 e. The van der Waals surface area contributed by atoms with E-state index in [9.17, 15) is 4.79 Å². The topological polar surface area (TPSA) is 45.7 Å². The van der Waals surface area contributed by atoms with Gasteiger partial charge in [-0.3, -0.25) is 14.6 Å². The molecule has 1 amide bonds. The molecule has 1 aliphatic heterocycles. The number of benzene rings is 1.